The van der Waals surface area contributed by atoms with Gasteiger partial charge in [0.15, 0.2) is 0 Å². The average Bonchev–Trinajstić information content (AvgIpc) is 2.47. The molecule has 0 spiro atoms. The minimum atomic E-state index is -0.731. The second-order valence-corrected chi connectivity index (χ2v) is 5.44. The number of ether oxygens (including phenoxy) is 1. The molecule has 20 heavy (non-hydrogen) atoms. The lowest BCUT2D eigenvalue weighted by atomic mass is 9.68. The van der Waals surface area contributed by atoms with Gasteiger partial charge in [-0.15, -0.1) is 0 Å². The van der Waals surface area contributed by atoms with Gasteiger partial charge in [-0.25, -0.2) is 4.79 Å². The fourth-order valence-electron chi connectivity index (χ4n) is 2.80. The predicted octanol–water partition coefficient (Wildman–Crippen LogP) is 3.08. The summed E-state index contributed by atoms with van der Waals surface area (Å²) in [7, 11) is 1.31. The Balaban J connectivity index is 2.36. The lowest BCUT2D eigenvalue weighted by Crippen LogP contribution is -2.48. The number of amides is 1. The number of Topliss-reactive ketones (excluding diaryl/α,β-unsaturated/α-hetero) is 1. The summed E-state index contributed by atoms with van der Waals surface area (Å²) in [6, 6.07) is 7.34. The number of alkyl carbamates (subject to hydrolysis) is 1. The Morgan fingerprint density at radius 2 is 2.15 bits per heavy atom. The molecular formula is C15H18ClNO3. The molecule has 1 aliphatic carbocycles. The third kappa shape index (κ3) is 2.80. The molecule has 0 bridgehead atoms. The summed E-state index contributed by atoms with van der Waals surface area (Å²) in [5, 5.41) is 3.22. The number of carbonyl (C=O) groups is 2. The standard InChI is InChI=1S/C15H18ClNO3/c1-20-14(19)17-10-15(9-5-4-8-13(15)18)11-6-2-3-7-12(11)16/h2-3,6-7H,4-5,8-10H2,1H3,(H,17,19). The van der Waals surface area contributed by atoms with E-state index in [0.29, 0.717) is 17.9 Å². The molecule has 1 amide bonds. The predicted molar refractivity (Wildman–Crippen MR) is 77.0 cm³/mol. The van der Waals surface area contributed by atoms with E-state index in [0.717, 1.165) is 18.4 Å². The van der Waals surface area contributed by atoms with E-state index in [-0.39, 0.29) is 12.3 Å². The monoisotopic (exact) mass is 295 g/mol. The molecule has 0 saturated heterocycles. The molecular weight excluding hydrogens is 278 g/mol. The van der Waals surface area contributed by atoms with E-state index in [9.17, 15) is 9.59 Å². The SMILES string of the molecule is COC(=O)NCC1(c2ccccc2Cl)CCCCC1=O. The number of methoxy groups -OCH3 is 1. The van der Waals surface area contributed by atoms with Crippen molar-refractivity contribution in [3.8, 4) is 0 Å². The van der Waals surface area contributed by atoms with Crippen LogP contribution in [0.25, 0.3) is 0 Å². The van der Waals surface area contributed by atoms with Crippen LogP contribution in [0.5, 0.6) is 0 Å². The highest BCUT2D eigenvalue weighted by molar-refractivity contribution is 6.31. The highest BCUT2D eigenvalue weighted by Crippen LogP contribution is 2.39. The number of nitrogens with one attached hydrogen (secondary N) is 1. The van der Waals surface area contributed by atoms with Crippen LogP contribution in [0.15, 0.2) is 24.3 Å². The van der Waals surface area contributed by atoms with Gasteiger partial charge < -0.3 is 10.1 Å². The van der Waals surface area contributed by atoms with Gasteiger partial charge in [0.1, 0.15) is 5.78 Å². The molecule has 1 unspecified atom stereocenters. The van der Waals surface area contributed by atoms with Crippen LogP contribution in [0.4, 0.5) is 4.79 Å². The summed E-state index contributed by atoms with van der Waals surface area (Å²) in [4.78, 5) is 23.9. The zero-order chi connectivity index (χ0) is 14.6. The second kappa shape index (κ2) is 6.27. The molecule has 1 atom stereocenters. The normalized spacial score (nSPS) is 22.4. The van der Waals surface area contributed by atoms with E-state index in [4.69, 9.17) is 11.6 Å². The van der Waals surface area contributed by atoms with Crippen molar-refractivity contribution in [2.45, 2.75) is 31.1 Å². The summed E-state index contributed by atoms with van der Waals surface area (Å²) in [5.41, 5.74) is 0.0629. The molecule has 0 aliphatic heterocycles. The Bertz CT molecular complexity index is 518. The fraction of sp³-hybridized carbons (Fsp3) is 0.467. The number of hydrogen-bond donors (Lipinski definition) is 1. The van der Waals surface area contributed by atoms with Crippen molar-refractivity contribution < 1.29 is 14.3 Å². The molecule has 4 nitrogen and oxygen atoms in total. The summed E-state index contributed by atoms with van der Waals surface area (Å²) < 4.78 is 4.59. The van der Waals surface area contributed by atoms with Gasteiger partial charge in [0.2, 0.25) is 0 Å². The zero-order valence-electron chi connectivity index (χ0n) is 11.4. The van der Waals surface area contributed by atoms with Crippen LogP contribution in [0.2, 0.25) is 5.02 Å². The Hall–Kier alpha value is -1.55. The number of hydrogen-bond acceptors (Lipinski definition) is 3. The van der Waals surface area contributed by atoms with Gasteiger partial charge in [0.25, 0.3) is 0 Å². The first-order chi connectivity index (χ1) is 9.60. The third-order valence-electron chi connectivity index (χ3n) is 3.90. The molecule has 0 aromatic heterocycles. The van der Waals surface area contributed by atoms with Gasteiger partial charge in [-0.3, -0.25) is 4.79 Å². The van der Waals surface area contributed by atoms with Gasteiger partial charge in [-0.1, -0.05) is 36.2 Å². The van der Waals surface area contributed by atoms with Crippen LogP contribution in [0, 0.1) is 0 Å². The van der Waals surface area contributed by atoms with Crippen molar-refractivity contribution in [1.29, 1.82) is 0 Å². The van der Waals surface area contributed by atoms with Crippen molar-refractivity contribution in [2.75, 3.05) is 13.7 Å². The van der Waals surface area contributed by atoms with Crippen LogP contribution in [0.3, 0.4) is 0 Å². The van der Waals surface area contributed by atoms with E-state index >= 15 is 0 Å². The maximum absolute atomic E-state index is 12.5. The van der Waals surface area contributed by atoms with Crippen molar-refractivity contribution >= 4 is 23.5 Å². The molecule has 0 heterocycles. The smallest absolute Gasteiger partial charge is 0.406 e. The van der Waals surface area contributed by atoms with Crippen LogP contribution in [0.1, 0.15) is 31.2 Å². The molecule has 1 aromatic carbocycles. The maximum atomic E-state index is 12.5. The maximum Gasteiger partial charge on any atom is 0.406 e. The highest BCUT2D eigenvalue weighted by Gasteiger charge is 2.42. The summed E-state index contributed by atoms with van der Waals surface area (Å²) in [5.74, 6) is 0.133. The lowest BCUT2D eigenvalue weighted by Gasteiger charge is -2.36. The van der Waals surface area contributed by atoms with E-state index in [1.54, 1.807) is 6.07 Å². The topological polar surface area (TPSA) is 55.4 Å². The lowest BCUT2D eigenvalue weighted by molar-refractivity contribution is -0.126. The third-order valence-corrected chi connectivity index (χ3v) is 4.23. The van der Waals surface area contributed by atoms with Crippen LogP contribution < -0.4 is 5.32 Å². The number of carbonyl (C=O) groups excluding carboxylic acids is 2. The summed E-state index contributed by atoms with van der Waals surface area (Å²) >= 11 is 6.27. The van der Waals surface area contributed by atoms with E-state index in [1.165, 1.54) is 7.11 Å². The van der Waals surface area contributed by atoms with Gasteiger partial charge in [0, 0.05) is 18.0 Å². The summed E-state index contributed by atoms with van der Waals surface area (Å²) in [6.45, 7) is 0.224. The number of rotatable bonds is 3. The first kappa shape index (κ1) is 14.9. The quantitative estimate of drug-likeness (QED) is 0.932. The van der Waals surface area contributed by atoms with Gasteiger partial charge in [-0.2, -0.15) is 0 Å². The molecule has 1 aromatic rings. The zero-order valence-corrected chi connectivity index (χ0v) is 12.2. The van der Waals surface area contributed by atoms with Crippen LogP contribution in [-0.4, -0.2) is 25.5 Å². The largest absolute Gasteiger partial charge is 0.453 e. The average molecular weight is 296 g/mol. The van der Waals surface area contributed by atoms with Crippen LogP contribution in [-0.2, 0) is 14.9 Å². The molecule has 108 valence electrons. The number of halogens is 1. The molecule has 1 saturated carbocycles. The Morgan fingerprint density at radius 3 is 2.80 bits per heavy atom. The highest BCUT2D eigenvalue weighted by atomic mass is 35.5. The van der Waals surface area contributed by atoms with Gasteiger partial charge in [-0.05, 0) is 24.5 Å². The number of benzene rings is 1. The number of ketones is 1. The first-order valence-corrected chi connectivity index (χ1v) is 7.08. The summed E-state index contributed by atoms with van der Waals surface area (Å²) in [6.07, 6.45) is 2.52. The van der Waals surface area contributed by atoms with E-state index in [1.807, 2.05) is 18.2 Å². The van der Waals surface area contributed by atoms with Gasteiger partial charge >= 0.3 is 6.09 Å². The minimum Gasteiger partial charge on any atom is -0.453 e. The Labute approximate surface area is 123 Å². The van der Waals surface area contributed by atoms with E-state index < -0.39 is 11.5 Å². The van der Waals surface area contributed by atoms with E-state index in [2.05, 4.69) is 10.1 Å². The van der Waals surface area contributed by atoms with Gasteiger partial charge in [0.05, 0.1) is 12.5 Å². The Kier molecular flexibility index (Phi) is 4.65. The molecule has 1 N–H and O–H groups in total. The minimum absolute atomic E-state index is 0.133. The molecule has 1 aliphatic rings. The Morgan fingerprint density at radius 1 is 1.40 bits per heavy atom. The first-order valence-electron chi connectivity index (χ1n) is 6.70. The van der Waals surface area contributed by atoms with Crippen molar-refractivity contribution in [3.63, 3.8) is 0 Å². The molecule has 0 radical (unpaired) electrons. The molecule has 5 heteroatoms. The molecule has 1 fully saturated rings. The second-order valence-electron chi connectivity index (χ2n) is 5.04. The fourth-order valence-corrected chi connectivity index (χ4v) is 3.12. The molecule has 2 rings (SSSR count). The van der Waals surface area contributed by atoms with Crippen molar-refractivity contribution in [3.05, 3.63) is 34.9 Å². The van der Waals surface area contributed by atoms with Crippen LogP contribution >= 0.6 is 11.6 Å². The van der Waals surface area contributed by atoms with Crippen molar-refractivity contribution in [2.24, 2.45) is 0 Å². The van der Waals surface area contributed by atoms with Crippen molar-refractivity contribution in [1.82, 2.24) is 5.32 Å².